The monoisotopic (exact) mass is 282 g/mol. The van der Waals surface area contributed by atoms with Crippen LogP contribution in [0.25, 0.3) is 11.1 Å². The predicted molar refractivity (Wildman–Crippen MR) is 85.3 cm³/mol. The molecule has 0 bridgehead atoms. The third-order valence-corrected chi connectivity index (χ3v) is 3.63. The summed E-state index contributed by atoms with van der Waals surface area (Å²) in [7, 11) is 0. The fraction of sp³-hybridized carbons (Fsp3) is 0.389. The van der Waals surface area contributed by atoms with Gasteiger partial charge in [-0.05, 0) is 48.6 Å². The van der Waals surface area contributed by atoms with Gasteiger partial charge in [-0.15, -0.1) is 0 Å². The average Bonchev–Trinajstić information content (AvgIpc) is 3.36. The van der Waals surface area contributed by atoms with Gasteiger partial charge in [0.05, 0.1) is 6.61 Å². The molecule has 21 heavy (non-hydrogen) atoms. The molecule has 3 heteroatoms. The van der Waals surface area contributed by atoms with Gasteiger partial charge < -0.3 is 10.1 Å². The van der Waals surface area contributed by atoms with E-state index in [-0.39, 0.29) is 0 Å². The lowest BCUT2D eigenvalue weighted by Gasteiger charge is -2.08. The Kier molecular flexibility index (Phi) is 4.51. The summed E-state index contributed by atoms with van der Waals surface area (Å²) in [6, 6.07) is 11.2. The van der Waals surface area contributed by atoms with Crippen molar-refractivity contribution < 1.29 is 4.74 Å². The van der Waals surface area contributed by atoms with Crippen LogP contribution >= 0.6 is 0 Å². The maximum absolute atomic E-state index is 5.62. The highest BCUT2D eigenvalue weighted by molar-refractivity contribution is 5.63. The second kappa shape index (κ2) is 6.72. The van der Waals surface area contributed by atoms with Crippen LogP contribution in [-0.2, 0) is 6.54 Å². The van der Waals surface area contributed by atoms with Crippen molar-refractivity contribution in [2.75, 3.05) is 6.61 Å². The van der Waals surface area contributed by atoms with Crippen molar-refractivity contribution in [2.45, 2.75) is 38.8 Å². The average molecular weight is 282 g/mol. The molecule has 1 heterocycles. The molecule has 0 atom stereocenters. The number of pyridine rings is 1. The molecule has 1 aromatic heterocycles. The van der Waals surface area contributed by atoms with Crippen LogP contribution in [0.5, 0.6) is 5.75 Å². The van der Waals surface area contributed by atoms with Gasteiger partial charge in [-0.2, -0.15) is 0 Å². The van der Waals surface area contributed by atoms with E-state index in [0.717, 1.165) is 36.9 Å². The third kappa shape index (κ3) is 4.05. The summed E-state index contributed by atoms with van der Waals surface area (Å²) in [6.07, 6.45) is 7.51. The maximum Gasteiger partial charge on any atom is 0.119 e. The minimum atomic E-state index is 0.726. The van der Waals surface area contributed by atoms with Crippen molar-refractivity contribution in [3.05, 3.63) is 48.3 Å². The standard InChI is InChI=1S/C18H22N2O/c1-2-9-21-18-7-3-15(4-8-18)16-10-14(11-19-13-16)12-20-17-5-6-17/h3-4,7-8,10-11,13,17,20H,2,5-6,9,12H2,1H3. The Morgan fingerprint density at radius 2 is 1.95 bits per heavy atom. The smallest absolute Gasteiger partial charge is 0.119 e. The molecule has 0 spiro atoms. The molecule has 1 aromatic carbocycles. The van der Waals surface area contributed by atoms with E-state index in [9.17, 15) is 0 Å². The van der Waals surface area contributed by atoms with Gasteiger partial charge in [-0.1, -0.05) is 19.1 Å². The van der Waals surface area contributed by atoms with Gasteiger partial charge in [0.25, 0.3) is 0 Å². The van der Waals surface area contributed by atoms with E-state index in [1.54, 1.807) is 0 Å². The van der Waals surface area contributed by atoms with E-state index in [0.29, 0.717) is 0 Å². The summed E-state index contributed by atoms with van der Waals surface area (Å²) >= 11 is 0. The Balaban J connectivity index is 1.68. The van der Waals surface area contributed by atoms with E-state index < -0.39 is 0 Å². The van der Waals surface area contributed by atoms with E-state index in [1.807, 2.05) is 24.5 Å². The first kappa shape index (κ1) is 14.1. The summed E-state index contributed by atoms with van der Waals surface area (Å²) in [5.74, 6) is 0.931. The lowest BCUT2D eigenvalue weighted by Crippen LogP contribution is -2.15. The van der Waals surface area contributed by atoms with Gasteiger partial charge in [-0.3, -0.25) is 4.98 Å². The Labute approximate surface area is 126 Å². The lowest BCUT2D eigenvalue weighted by atomic mass is 10.1. The Morgan fingerprint density at radius 3 is 2.67 bits per heavy atom. The van der Waals surface area contributed by atoms with E-state index >= 15 is 0 Å². The fourth-order valence-electron chi connectivity index (χ4n) is 2.26. The second-order valence-electron chi connectivity index (χ2n) is 5.61. The van der Waals surface area contributed by atoms with Crippen LogP contribution in [-0.4, -0.2) is 17.6 Å². The first-order chi connectivity index (χ1) is 10.3. The molecule has 1 aliphatic rings. The SMILES string of the molecule is CCCOc1ccc(-c2cncc(CNC3CC3)c2)cc1. The molecule has 1 aliphatic carbocycles. The molecule has 0 radical (unpaired) electrons. The number of hydrogen-bond donors (Lipinski definition) is 1. The van der Waals surface area contributed by atoms with Crippen molar-refractivity contribution in [3.63, 3.8) is 0 Å². The molecule has 110 valence electrons. The van der Waals surface area contributed by atoms with Gasteiger partial charge in [0.2, 0.25) is 0 Å². The van der Waals surface area contributed by atoms with Crippen LogP contribution in [0.15, 0.2) is 42.7 Å². The van der Waals surface area contributed by atoms with Gasteiger partial charge in [0.1, 0.15) is 5.75 Å². The van der Waals surface area contributed by atoms with Crippen molar-refractivity contribution in [3.8, 4) is 16.9 Å². The van der Waals surface area contributed by atoms with E-state index in [4.69, 9.17) is 4.74 Å². The number of rotatable bonds is 7. The highest BCUT2D eigenvalue weighted by Crippen LogP contribution is 2.23. The number of hydrogen-bond acceptors (Lipinski definition) is 3. The summed E-state index contributed by atoms with van der Waals surface area (Å²) in [5.41, 5.74) is 3.58. The van der Waals surface area contributed by atoms with Gasteiger partial charge in [0.15, 0.2) is 0 Å². The molecule has 2 aromatic rings. The molecule has 3 nitrogen and oxygen atoms in total. The number of ether oxygens (including phenoxy) is 1. The van der Waals surface area contributed by atoms with Crippen LogP contribution in [0.3, 0.4) is 0 Å². The number of nitrogens with one attached hydrogen (secondary N) is 1. The molecule has 1 saturated carbocycles. The summed E-state index contributed by atoms with van der Waals surface area (Å²) in [5, 5.41) is 3.52. The zero-order valence-electron chi connectivity index (χ0n) is 12.5. The van der Waals surface area contributed by atoms with Gasteiger partial charge in [-0.25, -0.2) is 0 Å². The molecular formula is C18H22N2O. The molecule has 0 saturated heterocycles. The lowest BCUT2D eigenvalue weighted by molar-refractivity contribution is 0.317. The molecule has 0 unspecified atom stereocenters. The molecule has 0 aliphatic heterocycles. The van der Waals surface area contributed by atoms with Crippen LogP contribution in [0.1, 0.15) is 31.7 Å². The van der Waals surface area contributed by atoms with Crippen molar-refractivity contribution in [1.29, 1.82) is 0 Å². The Morgan fingerprint density at radius 1 is 1.14 bits per heavy atom. The topological polar surface area (TPSA) is 34.1 Å². The first-order valence-corrected chi connectivity index (χ1v) is 7.75. The Hall–Kier alpha value is -1.87. The molecule has 1 fully saturated rings. The maximum atomic E-state index is 5.62. The van der Waals surface area contributed by atoms with E-state index in [2.05, 4.69) is 35.4 Å². The minimum Gasteiger partial charge on any atom is -0.494 e. The zero-order chi connectivity index (χ0) is 14.5. The number of nitrogens with zero attached hydrogens (tertiary/aromatic N) is 1. The van der Waals surface area contributed by atoms with Crippen LogP contribution in [0, 0.1) is 0 Å². The van der Waals surface area contributed by atoms with Crippen LogP contribution in [0.4, 0.5) is 0 Å². The van der Waals surface area contributed by atoms with Gasteiger partial charge in [0, 0.05) is 30.5 Å². The van der Waals surface area contributed by atoms with Crippen molar-refractivity contribution in [1.82, 2.24) is 10.3 Å². The first-order valence-electron chi connectivity index (χ1n) is 7.75. The second-order valence-corrected chi connectivity index (χ2v) is 5.61. The van der Waals surface area contributed by atoms with Crippen LogP contribution < -0.4 is 10.1 Å². The Bertz CT molecular complexity index is 576. The number of benzene rings is 1. The molecule has 3 rings (SSSR count). The third-order valence-electron chi connectivity index (χ3n) is 3.63. The normalized spacial score (nSPS) is 14.1. The molecule has 1 N–H and O–H groups in total. The molecular weight excluding hydrogens is 260 g/mol. The van der Waals surface area contributed by atoms with Crippen molar-refractivity contribution in [2.24, 2.45) is 0 Å². The minimum absolute atomic E-state index is 0.726. The number of aromatic nitrogens is 1. The molecule has 0 amide bonds. The van der Waals surface area contributed by atoms with Crippen LogP contribution in [0.2, 0.25) is 0 Å². The van der Waals surface area contributed by atoms with E-state index in [1.165, 1.54) is 24.0 Å². The zero-order valence-corrected chi connectivity index (χ0v) is 12.5. The summed E-state index contributed by atoms with van der Waals surface area (Å²) in [6.45, 7) is 3.79. The predicted octanol–water partition coefficient (Wildman–Crippen LogP) is 3.79. The summed E-state index contributed by atoms with van der Waals surface area (Å²) in [4.78, 5) is 4.36. The highest BCUT2D eigenvalue weighted by atomic mass is 16.5. The van der Waals surface area contributed by atoms with Crippen molar-refractivity contribution >= 4 is 0 Å². The largest absolute Gasteiger partial charge is 0.494 e. The summed E-state index contributed by atoms with van der Waals surface area (Å²) < 4.78 is 5.62. The highest BCUT2D eigenvalue weighted by Gasteiger charge is 2.19. The van der Waals surface area contributed by atoms with Gasteiger partial charge >= 0.3 is 0 Å². The fourth-order valence-corrected chi connectivity index (χ4v) is 2.26. The quantitative estimate of drug-likeness (QED) is 0.839.